The van der Waals surface area contributed by atoms with Gasteiger partial charge in [-0.3, -0.25) is 4.79 Å². The first-order chi connectivity index (χ1) is 12.2. The van der Waals surface area contributed by atoms with E-state index >= 15 is 0 Å². The van der Waals surface area contributed by atoms with Crippen LogP contribution in [0.2, 0.25) is 0 Å². The fourth-order valence-corrected chi connectivity index (χ4v) is 2.94. The van der Waals surface area contributed by atoms with E-state index in [-0.39, 0.29) is 17.4 Å². The quantitative estimate of drug-likeness (QED) is 0.897. The molecule has 0 spiro atoms. The van der Waals surface area contributed by atoms with Gasteiger partial charge in [-0.05, 0) is 37.0 Å². The summed E-state index contributed by atoms with van der Waals surface area (Å²) in [6.07, 6.45) is -0.550. The number of nitrogens with zero attached hydrogens (tertiary/aromatic N) is 2. The number of rotatable bonds is 4. The number of piperazine rings is 1. The van der Waals surface area contributed by atoms with Crippen LogP contribution in [0, 0.1) is 0 Å². The minimum Gasteiger partial charge on any atom is -0.481 e. The van der Waals surface area contributed by atoms with Gasteiger partial charge in [-0.15, -0.1) is 0 Å². The Hall–Kier alpha value is -2.24. The third-order valence-corrected chi connectivity index (χ3v) is 4.59. The van der Waals surface area contributed by atoms with E-state index in [9.17, 15) is 9.59 Å². The second-order valence-electron chi connectivity index (χ2n) is 7.68. The Morgan fingerprint density at radius 1 is 1.08 bits per heavy atom. The van der Waals surface area contributed by atoms with Crippen LogP contribution in [0.1, 0.15) is 40.2 Å². The summed E-state index contributed by atoms with van der Waals surface area (Å²) in [5, 5.41) is 2.79. The van der Waals surface area contributed by atoms with E-state index in [0.717, 1.165) is 0 Å². The van der Waals surface area contributed by atoms with Crippen molar-refractivity contribution >= 4 is 11.9 Å². The Labute approximate surface area is 156 Å². The Bertz CT molecular complexity index is 614. The van der Waals surface area contributed by atoms with Gasteiger partial charge >= 0.3 is 6.03 Å². The van der Waals surface area contributed by atoms with Crippen LogP contribution in [-0.2, 0) is 10.2 Å². The van der Waals surface area contributed by atoms with Crippen molar-refractivity contribution in [3.8, 4) is 5.75 Å². The molecular weight excluding hydrogens is 330 g/mol. The SMILES string of the molecule is CCNC(=O)N1CCN(C(=O)C(C)Oc2ccc(C(C)(C)C)cc2)CC1. The maximum Gasteiger partial charge on any atom is 0.317 e. The van der Waals surface area contributed by atoms with Gasteiger partial charge in [0.2, 0.25) is 0 Å². The number of nitrogens with one attached hydrogen (secondary N) is 1. The second kappa shape index (κ2) is 8.43. The van der Waals surface area contributed by atoms with Crippen molar-refractivity contribution in [1.29, 1.82) is 0 Å². The molecule has 1 aromatic carbocycles. The molecule has 0 aromatic heterocycles. The maximum atomic E-state index is 12.6. The molecule has 1 heterocycles. The summed E-state index contributed by atoms with van der Waals surface area (Å²) in [4.78, 5) is 28.0. The van der Waals surface area contributed by atoms with Crippen LogP contribution in [0.25, 0.3) is 0 Å². The van der Waals surface area contributed by atoms with Crippen LogP contribution in [0.15, 0.2) is 24.3 Å². The molecule has 0 aliphatic carbocycles. The maximum absolute atomic E-state index is 12.6. The molecule has 1 aliphatic heterocycles. The van der Waals surface area contributed by atoms with Gasteiger partial charge in [0.15, 0.2) is 6.10 Å². The van der Waals surface area contributed by atoms with Gasteiger partial charge in [-0.2, -0.15) is 0 Å². The minimum absolute atomic E-state index is 0.0413. The summed E-state index contributed by atoms with van der Waals surface area (Å²) >= 11 is 0. The molecule has 1 N–H and O–H groups in total. The average Bonchev–Trinajstić information content (AvgIpc) is 2.61. The number of urea groups is 1. The lowest BCUT2D eigenvalue weighted by molar-refractivity contribution is -0.139. The van der Waals surface area contributed by atoms with E-state index in [1.807, 2.05) is 31.2 Å². The topological polar surface area (TPSA) is 61.9 Å². The number of amides is 3. The average molecular weight is 361 g/mol. The molecule has 2 rings (SSSR count). The lowest BCUT2D eigenvalue weighted by Gasteiger charge is -2.35. The third kappa shape index (κ3) is 5.13. The molecule has 1 fully saturated rings. The fourth-order valence-electron chi connectivity index (χ4n) is 2.94. The molecule has 0 radical (unpaired) electrons. The van der Waals surface area contributed by atoms with Crippen molar-refractivity contribution in [2.75, 3.05) is 32.7 Å². The smallest absolute Gasteiger partial charge is 0.317 e. The van der Waals surface area contributed by atoms with Crippen LogP contribution in [0.3, 0.4) is 0 Å². The van der Waals surface area contributed by atoms with Crippen molar-refractivity contribution in [3.63, 3.8) is 0 Å². The highest BCUT2D eigenvalue weighted by Crippen LogP contribution is 2.24. The number of carbonyl (C=O) groups is 2. The minimum atomic E-state index is -0.550. The molecule has 0 bridgehead atoms. The van der Waals surface area contributed by atoms with Crippen molar-refractivity contribution < 1.29 is 14.3 Å². The summed E-state index contributed by atoms with van der Waals surface area (Å²) in [7, 11) is 0. The van der Waals surface area contributed by atoms with Crippen LogP contribution >= 0.6 is 0 Å². The highest BCUT2D eigenvalue weighted by atomic mass is 16.5. The van der Waals surface area contributed by atoms with Gasteiger partial charge in [-0.25, -0.2) is 4.79 Å². The Morgan fingerprint density at radius 2 is 1.62 bits per heavy atom. The fraction of sp³-hybridized carbons (Fsp3) is 0.600. The second-order valence-corrected chi connectivity index (χ2v) is 7.68. The third-order valence-electron chi connectivity index (χ3n) is 4.59. The van der Waals surface area contributed by atoms with Crippen molar-refractivity contribution in [3.05, 3.63) is 29.8 Å². The summed E-state index contributed by atoms with van der Waals surface area (Å²) in [5.41, 5.74) is 1.31. The normalized spacial score (nSPS) is 16.2. The monoisotopic (exact) mass is 361 g/mol. The Kier molecular flexibility index (Phi) is 6.51. The van der Waals surface area contributed by atoms with Gasteiger partial charge in [0.1, 0.15) is 5.75 Å². The highest BCUT2D eigenvalue weighted by molar-refractivity contribution is 5.81. The molecule has 1 atom stereocenters. The van der Waals surface area contributed by atoms with Crippen LogP contribution in [0.5, 0.6) is 5.75 Å². The predicted octanol–water partition coefficient (Wildman–Crippen LogP) is 2.63. The van der Waals surface area contributed by atoms with Gasteiger partial charge in [0.05, 0.1) is 0 Å². The molecule has 1 unspecified atom stereocenters. The van der Waals surface area contributed by atoms with E-state index in [1.165, 1.54) is 5.56 Å². The number of hydrogen-bond donors (Lipinski definition) is 1. The molecule has 6 heteroatoms. The molecule has 1 aliphatic rings. The van der Waals surface area contributed by atoms with Crippen molar-refractivity contribution in [2.24, 2.45) is 0 Å². The summed E-state index contributed by atoms with van der Waals surface area (Å²) < 4.78 is 5.83. The van der Waals surface area contributed by atoms with Crippen molar-refractivity contribution in [1.82, 2.24) is 15.1 Å². The molecule has 1 saturated heterocycles. The van der Waals surface area contributed by atoms with Crippen LogP contribution in [0.4, 0.5) is 4.79 Å². The highest BCUT2D eigenvalue weighted by Gasteiger charge is 2.27. The molecule has 3 amide bonds. The zero-order valence-corrected chi connectivity index (χ0v) is 16.5. The summed E-state index contributed by atoms with van der Waals surface area (Å²) in [6, 6.07) is 7.84. The first kappa shape index (κ1) is 20.1. The number of carbonyl (C=O) groups excluding carboxylic acids is 2. The van der Waals surface area contributed by atoms with Crippen LogP contribution < -0.4 is 10.1 Å². The molecule has 26 heavy (non-hydrogen) atoms. The number of benzene rings is 1. The molecule has 6 nitrogen and oxygen atoms in total. The lowest BCUT2D eigenvalue weighted by Crippen LogP contribution is -2.55. The molecular formula is C20H31N3O3. The van der Waals surface area contributed by atoms with Crippen molar-refractivity contribution in [2.45, 2.75) is 46.1 Å². The Morgan fingerprint density at radius 3 is 2.12 bits per heavy atom. The Balaban J connectivity index is 1.87. The largest absolute Gasteiger partial charge is 0.481 e. The summed E-state index contributed by atoms with van der Waals surface area (Å²) in [6.45, 7) is 12.9. The summed E-state index contributed by atoms with van der Waals surface area (Å²) in [5.74, 6) is 0.653. The zero-order chi connectivity index (χ0) is 19.3. The van der Waals surface area contributed by atoms with Gasteiger partial charge in [0.25, 0.3) is 5.91 Å². The van der Waals surface area contributed by atoms with E-state index in [4.69, 9.17) is 4.74 Å². The first-order valence-corrected chi connectivity index (χ1v) is 9.31. The van der Waals surface area contributed by atoms with Crippen LogP contribution in [-0.4, -0.2) is 60.6 Å². The zero-order valence-electron chi connectivity index (χ0n) is 16.5. The molecule has 1 aromatic rings. The predicted molar refractivity (Wildman–Crippen MR) is 102 cm³/mol. The van der Waals surface area contributed by atoms with E-state index in [1.54, 1.807) is 16.7 Å². The van der Waals surface area contributed by atoms with E-state index < -0.39 is 6.10 Å². The lowest BCUT2D eigenvalue weighted by atomic mass is 9.87. The number of hydrogen-bond acceptors (Lipinski definition) is 3. The molecule has 0 saturated carbocycles. The first-order valence-electron chi connectivity index (χ1n) is 9.31. The van der Waals surface area contributed by atoms with E-state index in [0.29, 0.717) is 38.5 Å². The van der Waals surface area contributed by atoms with E-state index in [2.05, 4.69) is 26.1 Å². The van der Waals surface area contributed by atoms with Gasteiger partial charge < -0.3 is 19.9 Å². The number of ether oxygens (including phenoxy) is 1. The van der Waals surface area contributed by atoms with Gasteiger partial charge in [-0.1, -0.05) is 32.9 Å². The standard InChI is InChI=1S/C20H31N3O3/c1-6-21-19(25)23-13-11-22(12-14-23)18(24)15(2)26-17-9-7-16(8-10-17)20(3,4)5/h7-10,15H,6,11-14H2,1-5H3,(H,21,25). The molecule has 144 valence electrons. The van der Waals surface area contributed by atoms with Gasteiger partial charge in [0, 0.05) is 32.7 Å².